The van der Waals surface area contributed by atoms with E-state index in [1.165, 1.54) is 32.0 Å². The van der Waals surface area contributed by atoms with Crippen LogP contribution in [0.4, 0.5) is 4.79 Å². The molecule has 0 aliphatic carbocycles. The predicted molar refractivity (Wildman–Crippen MR) is 458 cm³/mol. The first-order valence-electron chi connectivity index (χ1n) is 40.5. The maximum Gasteiger partial charge on any atom is 0.315 e. The van der Waals surface area contributed by atoms with E-state index in [1.807, 2.05) is 71.8 Å². The third-order valence-electron chi connectivity index (χ3n) is 21.4. The van der Waals surface area contributed by atoms with Gasteiger partial charge in [-0.05, 0) is 151 Å². The van der Waals surface area contributed by atoms with Crippen LogP contribution in [0.15, 0.2) is 156 Å². The highest BCUT2D eigenvalue weighted by molar-refractivity contribution is 8.00. The second-order valence-electron chi connectivity index (χ2n) is 29.5. The molecule has 4 aromatic heterocycles. The summed E-state index contributed by atoms with van der Waals surface area (Å²) in [5.41, 5.74) is 11.2. The topological polar surface area (TPSA) is 246 Å². The van der Waals surface area contributed by atoms with Gasteiger partial charge < -0.3 is 39.1 Å². The minimum absolute atomic E-state index is 0.0491. The third-order valence-corrected chi connectivity index (χ3v) is 25.8. The van der Waals surface area contributed by atoms with E-state index in [4.69, 9.17) is 61.6 Å². The highest BCUT2D eigenvalue weighted by atomic mass is 35.5. The maximum atomic E-state index is 13.4. The van der Waals surface area contributed by atoms with Gasteiger partial charge in [-0.2, -0.15) is 11.8 Å². The molecule has 610 valence electrons. The van der Waals surface area contributed by atoms with E-state index in [0.29, 0.717) is 138 Å². The Morgan fingerprint density at radius 2 is 0.930 bits per heavy atom. The number of Topliss-reactive ketones (excluding diaryl/α,β-unsaturated/α-hetero) is 3. The van der Waals surface area contributed by atoms with Crippen molar-refractivity contribution in [1.82, 2.24) is 45.5 Å². The first-order chi connectivity index (χ1) is 56.1. The number of thioether (sulfide) groups is 1. The number of amides is 2. The van der Waals surface area contributed by atoms with Gasteiger partial charge in [0, 0.05) is 118 Å². The number of benzene rings is 5. The summed E-state index contributed by atoms with van der Waals surface area (Å²) in [6.45, 7) is 17.6. The van der Waals surface area contributed by atoms with E-state index >= 15 is 0 Å². The number of unbranched alkanes of at least 4 members (excludes halogenated alkanes) is 4. The lowest BCUT2D eigenvalue weighted by Crippen LogP contribution is -2.45. The highest BCUT2D eigenvalue weighted by Crippen LogP contribution is 2.43. The SMILES string of the molecule is Cc1sc2c(c1C)C(c1ccc(Cl)cc1)=N[C@H](CC(=O)CCCCOCCOCCOCCCCC(=O)CCCC[C@H]1SC[C@H]3NC(=O)N[C@H]31)c1nncn1-2.Cc1sc2c(c1C)C(c1ccc(Cl)cc1)=N[C@H](CC(=O)CCCCOCCOCCOCCCNC(c1ccccc1)(c1ccccc1)c1ccccc1)c1nnc(C)n1-2. The quantitative estimate of drug-likeness (QED) is 0.0182. The fraction of sp³-hybridized carbons (Fsp3) is 0.461. The second kappa shape index (κ2) is 44.0. The fourth-order valence-corrected chi connectivity index (χ4v) is 19.3. The molecule has 21 nitrogen and oxygen atoms in total. The largest absolute Gasteiger partial charge is 0.379 e. The molecule has 0 spiro atoms. The van der Waals surface area contributed by atoms with Gasteiger partial charge in [0.1, 0.15) is 51.6 Å². The van der Waals surface area contributed by atoms with Crippen LogP contribution in [0.5, 0.6) is 0 Å². The number of ether oxygens (including phenoxy) is 6. The van der Waals surface area contributed by atoms with Crippen molar-refractivity contribution in [3.8, 4) is 10.0 Å². The lowest BCUT2D eigenvalue weighted by Gasteiger charge is -2.37. The van der Waals surface area contributed by atoms with Crippen molar-refractivity contribution in [2.75, 3.05) is 91.6 Å². The van der Waals surface area contributed by atoms with E-state index in [1.54, 1.807) is 29.0 Å². The van der Waals surface area contributed by atoms with Gasteiger partial charge in [-0.25, -0.2) is 4.79 Å². The van der Waals surface area contributed by atoms with Crippen LogP contribution in [0, 0.1) is 34.6 Å². The summed E-state index contributed by atoms with van der Waals surface area (Å²) < 4.78 is 38.6. The van der Waals surface area contributed by atoms with Crippen LogP contribution in [-0.4, -0.2) is 173 Å². The lowest BCUT2D eigenvalue weighted by molar-refractivity contribution is -0.120. The molecule has 0 unspecified atom stereocenters. The van der Waals surface area contributed by atoms with Crippen LogP contribution < -0.4 is 16.0 Å². The number of hydrogen-bond acceptors (Lipinski definition) is 20. The number of fused-ring (bicyclic) bond motifs is 7. The molecule has 0 saturated carbocycles. The minimum Gasteiger partial charge on any atom is -0.379 e. The molecule has 2 amide bonds. The first kappa shape index (κ1) is 86.4. The number of carbonyl (C=O) groups is 4. The van der Waals surface area contributed by atoms with Crippen molar-refractivity contribution in [3.05, 3.63) is 233 Å². The Hall–Kier alpha value is -7.95. The molecule has 4 aliphatic heterocycles. The number of rotatable bonds is 46. The summed E-state index contributed by atoms with van der Waals surface area (Å²) in [5, 5.41) is 31.3. The molecule has 2 saturated heterocycles. The zero-order valence-corrected chi connectivity index (χ0v) is 70.6. The van der Waals surface area contributed by atoms with Crippen LogP contribution in [0.25, 0.3) is 10.0 Å². The van der Waals surface area contributed by atoms with Crippen LogP contribution in [0.1, 0.15) is 192 Å². The molecule has 26 heteroatoms. The molecule has 8 heterocycles. The number of aromatic nitrogens is 6. The van der Waals surface area contributed by atoms with Crippen molar-refractivity contribution in [2.45, 2.75) is 172 Å². The van der Waals surface area contributed by atoms with Crippen molar-refractivity contribution in [1.29, 1.82) is 0 Å². The monoisotopic (exact) mass is 1660 g/mol. The zero-order valence-electron chi connectivity index (χ0n) is 66.6. The van der Waals surface area contributed by atoms with E-state index in [0.717, 1.165) is 132 Å². The molecule has 115 heavy (non-hydrogen) atoms. The summed E-state index contributed by atoms with van der Waals surface area (Å²) >= 11 is 17.8. The molecule has 9 aromatic rings. The van der Waals surface area contributed by atoms with Crippen LogP contribution in [0.2, 0.25) is 10.0 Å². The molecule has 5 aromatic carbocycles. The van der Waals surface area contributed by atoms with Crippen molar-refractivity contribution in [2.24, 2.45) is 9.98 Å². The van der Waals surface area contributed by atoms with Gasteiger partial charge in [0.2, 0.25) is 0 Å². The van der Waals surface area contributed by atoms with Gasteiger partial charge in [0.15, 0.2) is 11.6 Å². The smallest absolute Gasteiger partial charge is 0.315 e. The molecule has 0 radical (unpaired) electrons. The predicted octanol–water partition coefficient (Wildman–Crippen LogP) is 17.1. The molecule has 3 N–H and O–H groups in total. The minimum atomic E-state index is -0.480. The number of halogens is 2. The number of aliphatic imine (C=N–C) groups is 2. The maximum absolute atomic E-state index is 13.4. The standard InChI is InChI=1S/C49H54ClN5O4S.C40H53ClN6O6S2/c1-35-36(2)60-48-45(35)46(38-23-25-42(50)26-24-38)52-44(47-54-53-37(3)55(47)48)34-43(56)22-13-14-28-57-30-32-59-33-31-58-29-15-27-51-49(39-16-7-4-8-17-39,40-18-9-5-10-19-40)41-20-11-6-12-21-41;1-26-27(2)55-39-35(26)36(28-13-15-29(41)16-14-28)43-32(38-46-42-25-47(38)39)23-31(49)11-6-8-18-52-20-22-53-21-19-51-17-7-5-10-30(48)9-3-4-12-34-37-33(24-54-34)44-40(50)45-37/h4-12,16-21,23-26,44,51H,13-15,22,27-34H2,1-3H3;13-16,25,32-34,37H,3-12,17-24H2,1-2H3,(H2,44,45,50)/t44-;32-,33-,34-,37-/m11/s1. The Labute approximate surface area is 697 Å². The molecule has 5 atom stereocenters. The second-order valence-corrected chi connectivity index (χ2v) is 34.0. The van der Waals surface area contributed by atoms with Crippen LogP contribution in [-0.2, 0) is 48.3 Å². The van der Waals surface area contributed by atoms with Crippen LogP contribution >= 0.6 is 57.6 Å². The van der Waals surface area contributed by atoms with Gasteiger partial charge in [-0.3, -0.25) is 38.8 Å². The number of thiophene rings is 2. The number of hydrogen-bond donors (Lipinski definition) is 3. The Morgan fingerprint density at radius 1 is 0.496 bits per heavy atom. The lowest BCUT2D eigenvalue weighted by atomic mass is 9.77. The van der Waals surface area contributed by atoms with E-state index < -0.39 is 17.6 Å². The molecular formula is C89H107Cl2N11O10S3. The summed E-state index contributed by atoms with van der Waals surface area (Å²) in [4.78, 5) is 63.2. The first-order valence-corrected chi connectivity index (χ1v) is 43.9. The Bertz CT molecular complexity index is 4580. The van der Waals surface area contributed by atoms with Crippen molar-refractivity contribution < 1.29 is 47.6 Å². The van der Waals surface area contributed by atoms with Gasteiger partial charge in [-0.15, -0.1) is 43.1 Å². The number of aryl methyl sites for hydroxylation is 3. The molecular weight excluding hydrogens is 1550 g/mol. The summed E-state index contributed by atoms with van der Waals surface area (Å²) in [5.74, 6) is 3.73. The number of nitrogens with zero attached hydrogens (tertiary/aromatic N) is 8. The van der Waals surface area contributed by atoms with E-state index in [2.05, 4.69) is 160 Å². The normalized spacial score (nSPS) is 16.7. The molecule has 2 fully saturated rings. The number of carbonyl (C=O) groups excluding carboxylic acids is 4. The summed E-state index contributed by atoms with van der Waals surface area (Å²) in [6.07, 6.45) is 13.0. The number of nitrogens with one attached hydrogen (secondary N) is 3. The van der Waals surface area contributed by atoms with Gasteiger partial charge >= 0.3 is 6.03 Å². The number of ketones is 3. The van der Waals surface area contributed by atoms with Crippen LogP contribution in [0.3, 0.4) is 0 Å². The molecule has 13 rings (SSSR count). The summed E-state index contributed by atoms with van der Waals surface area (Å²) in [7, 11) is 0. The molecule has 4 aliphatic rings. The van der Waals surface area contributed by atoms with E-state index in [9.17, 15) is 19.2 Å². The zero-order chi connectivity index (χ0) is 80.3. The Kier molecular flexibility index (Phi) is 33.1. The van der Waals surface area contributed by atoms with Gasteiger partial charge in [-0.1, -0.05) is 145 Å². The third kappa shape index (κ3) is 23.3. The fourth-order valence-electron chi connectivity index (χ4n) is 15.1. The Morgan fingerprint density at radius 3 is 1.43 bits per heavy atom. The number of urea groups is 1. The average Bonchev–Trinajstić information content (AvgIpc) is 1.59. The van der Waals surface area contributed by atoms with Gasteiger partial charge in [0.25, 0.3) is 0 Å². The van der Waals surface area contributed by atoms with E-state index in [-0.39, 0.29) is 42.5 Å². The highest BCUT2D eigenvalue weighted by Gasteiger charge is 2.43. The average molecular weight is 1660 g/mol. The molecule has 0 bridgehead atoms. The van der Waals surface area contributed by atoms with Crippen molar-refractivity contribution >= 4 is 92.4 Å². The van der Waals surface area contributed by atoms with Crippen molar-refractivity contribution in [3.63, 3.8) is 0 Å². The summed E-state index contributed by atoms with van der Waals surface area (Å²) in [6, 6.07) is 46.9. The Balaban J connectivity index is 0.000000213. The van der Waals surface area contributed by atoms with Gasteiger partial charge in [0.05, 0.1) is 81.9 Å².